The van der Waals surface area contributed by atoms with Gasteiger partial charge in [-0.1, -0.05) is 31.5 Å². The second-order valence-corrected chi connectivity index (χ2v) is 4.80. The van der Waals surface area contributed by atoms with Crippen molar-refractivity contribution < 1.29 is 14.7 Å². The quantitative estimate of drug-likeness (QED) is 0.883. The van der Waals surface area contributed by atoms with Gasteiger partial charge < -0.3 is 10.4 Å². The number of carbonyl (C=O) groups is 2. The zero-order valence-electron chi connectivity index (χ0n) is 10.5. The fraction of sp³-hybridized carbons (Fsp3) is 0.385. The Kier molecular flexibility index (Phi) is 4.73. The third-order valence-corrected chi connectivity index (χ3v) is 3.26. The first kappa shape index (κ1) is 14.5. The summed E-state index contributed by atoms with van der Waals surface area (Å²) < 4.78 is 0. The van der Waals surface area contributed by atoms with Crippen LogP contribution in [0.15, 0.2) is 18.2 Å². The van der Waals surface area contributed by atoms with Crippen LogP contribution in [0.25, 0.3) is 0 Å². The number of hydrogen-bond acceptors (Lipinski definition) is 2. The zero-order valence-corrected chi connectivity index (χ0v) is 11.3. The van der Waals surface area contributed by atoms with E-state index in [0.717, 1.165) is 5.56 Å². The molecule has 1 amide bonds. The van der Waals surface area contributed by atoms with Crippen molar-refractivity contribution in [2.24, 2.45) is 11.8 Å². The Bertz CT molecular complexity index is 473. The van der Waals surface area contributed by atoms with Gasteiger partial charge in [0.15, 0.2) is 0 Å². The first-order valence-corrected chi connectivity index (χ1v) is 6.00. The van der Waals surface area contributed by atoms with Crippen LogP contribution in [-0.4, -0.2) is 17.0 Å². The molecular formula is C13H16ClNO3. The molecule has 98 valence electrons. The number of rotatable bonds is 4. The predicted molar refractivity (Wildman–Crippen MR) is 70.8 cm³/mol. The maximum Gasteiger partial charge on any atom is 0.307 e. The number of amides is 1. The van der Waals surface area contributed by atoms with Crippen LogP contribution in [0.2, 0.25) is 5.02 Å². The Labute approximate surface area is 111 Å². The van der Waals surface area contributed by atoms with Crippen molar-refractivity contribution in [1.82, 2.24) is 0 Å². The number of carboxylic acids is 1. The lowest BCUT2D eigenvalue weighted by Gasteiger charge is -2.16. The van der Waals surface area contributed by atoms with Gasteiger partial charge in [0.2, 0.25) is 5.91 Å². The van der Waals surface area contributed by atoms with E-state index < -0.39 is 17.8 Å². The largest absolute Gasteiger partial charge is 0.481 e. The zero-order chi connectivity index (χ0) is 13.9. The van der Waals surface area contributed by atoms with E-state index in [2.05, 4.69) is 5.32 Å². The van der Waals surface area contributed by atoms with Crippen molar-refractivity contribution in [2.75, 3.05) is 5.32 Å². The molecule has 1 aromatic carbocycles. The molecular weight excluding hydrogens is 254 g/mol. The summed E-state index contributed by atoms with van der Waals surface area (Å²) in [5.41, 5.74) is 1.47. The van der Waals surface area contributed by atoms with Gasteiger partial charge in [0.25, 0.3) is 0 Å². The number of carbonyl (C=O) groups excluding carboxylic acids is 1. The fourth-order valence-corrected chi connectivity index (χ4v) is 1.59. The van der Waals surface area contributed by atoms with E-state index in [4.69, 9.17) is 16.7 Å². The smallest absolute Gasteiger partial charge is 0.307 e. The second-order valence-electron chi connectivity index (χ2n) is 4.39. The van der Waals surface area contributed by atoms with Gasteiger partial charge in [-0.25, -0.2) is 0 Å². The summed E-state index contributed by atoms with van der Waals surface area (Å²) in [6.07, 6.45) is 0. The third-order valence-electron chi connectivity index (χ3n) is 2.93. The van der Waals surface area contributed by atoms with Crippen LogP contribution in [0, 0.1) is 18.8 Å². The first-order valence-electron chi connectivity index (χ1n) is 5.62. The summed E-state index contributed by atoms with van der Waals surface area (Å²) in [6, 6.07) is 5.28. The van der Waals surface area contributed by atoms with Crippen LogP contribution in [0.3, 0.4) is 0 Å². The monoisotopic (exact) mass is 269 g/mol. The van der Waals surface area contributed by atoms with E-state index in [9.17, 15) is 9.59 Å². The van der Waals surface area contributed by atoms with Gasteiger partial charge in [0.1, 0.15) is 0 Å². The summed E-state index contributed by atoms with van der Waals surface area (Å²) >= 11 is 5.96. The Morgan fingerprint density at radius 2 is 1.89 bits per heavy atom. The van der Waals surface area contributed by atoms with Gasteiger partial charge in [0.05, 0.1) is 16.6 Å². The average Bonchev–Trinajstić information content (AvgIpc) is 2.31. The molecule has 0 aliphatic heterocycles. The van der Waals surface area contributed by atoms with Crippen molar-refractivity contribution in [3.8, 4) is 0 Å². The maximum atomic E-state index is 11.9. The minimum absolute atomic E-state index is 0.350. The number of anilines is 1. The van der Waals surface area contributed by atoms with Gasteiger partial charge in [-0.2, -0.15) is 0 Å². The van der Waals surface area contributed by atoms with Crippen LogP contribution in [0.1, 0.15) is 19.4 Å². The Morgan fingerprint density at radius 1 is 1.28 bits per heavy atom. The summed E-state index contributed by atoms with van der Waals surface area (Å²) in [5.74, 6) is -2.71. The minimum atomic E-state index is -0.993. The molecule has 0 radical (unpaired) electrons. The Balaban J connectivity index is 2.81. The molecule has 0 bridgehead atoms. The highest BCUT2D eigenvalue weighted by Crippen LogP contribution is 2.24. The van der Waals surface area contributed by atoms with Gasteiger partial charge >= 0.3 is 5.97 Å². The number of aliphatic carboxylic acids is 1. The molecule has 0 saturated carbocycles. The highest BCUT2D eigenvalue weighted by atomic mass is 35.5. The molecule has 0 fully saturated rings. The molecule has 1 rings (SSSR count). The standard InChI is InChI=1S/C13H16ClNO3/c1-7-4-5-10(14)11(6-7)15-12(16)8(2)9(3)13(17)18/h4-6,8-9H,1-3H3,(H,15,16)(H,17,18). The van der Waals surface area contributed by atoms with Crippen molar-refractivity contribution in [2.45, 2.75) is 20.8 Å². The number of hydrogen-bond donors (Lipinski definition) is 2. The lowest BCUT2D eigenvalue weighted by Crippen LogP contribution is -2.30. The molecule has 0 aliphatic rings. The van der Waals surface area contributed by atoms with Crippen LogP contribution in [0.4, 0.5) is 5.69 Å². The SMILES string of the molecule is Cc1ccc(Cl)c(NC(=O)C(C)C(C)C(=O)O)c1. The number of nitrogens with one attached hydrogen (secondary N) is 1. The fourth-order valence-electron chi connectivity index (χ4n) is 1.42. The highest BCUT2D eigenvalue weighted by molar-refractivity contribution is 6.33. The van der Waals surface area contributed by atoms with Crippen LogP contribution in [0.5, 0.6) is 0 Å². The van der Waals surface area contributed by atoms with E-state index in [0.29, 0.717) is 10.7 Å². The molecule has 2 unspecified atom stereocenters. The minimum Gasteiger partial charge on any atom is -0.481 e. The van der Waals surface area contributed by atoms with Gasteiger partial charge in [-0.15, -0.1) is 0 Å². The van der Waals surface area contributed by atoms with Crippen LogP contribution >= 0.6 is 11.6 Å². The van der Waals surface area contributed by atoms with Crippen molar-refractivity contribution in [1.29, 1.82) is 0 Å². The Morgan fingerprint density at radius 3 is 2.44 bits per heavy atom. The Hall–Kier alpha value is -1.55. The van der Waals surface area contributed by atoms with E-state index in [1.165, 1.54) is 6.92 Å². The molecule has 0 spiro atoms. The molecule has 0 heterocycles. The molecule has 2 N–H and O–H groups in total. The number of halogens is 1. The van der Waals surface area contributed by atoms with Crippen molar-refractivity contribution in [3.63, 3.8) is 0 Å². The maximum absolute atomic E-state index is 11.9. The molecule has 2 atom stereocenters. The lowest BCUT2D eigenvalue weighted by molar-refractivity contribution is -0.145. The summed E-state index contributed by atoms with van der Waals surface area (Å²) in [5, 5.41) is 11.9. The van der Waals surface area contributed by atoms with Crippen molar-refractivity contribution in [3.05, 3.63) is 28.8 Å². The number of benzene rings is 1. The molecule has 0 aromatic heterocycles. The molecule has 0 saturated heterocycles. The average molecular weight is 270 g/mol. The summed E-state index contributed by atoms with van der Waals surface area (Å²) in [4.78, 5) is 22.7. The number of carboxylic acid groups (broad SMARTS) is 1. The molecule has 1 aromatic rings. The first-order chi connectivity index (χ1) is 8.32. The van der Waals surface area contributed by atoms with Gasteiger partial charge in [-0.05, 0) is 24.6 Å². The number of aryl methyl sites for hydroxylation is 1. The van der Waals surface area contributed by atoms with Crippen LogP contribution < -0.4 is 5.32 Å². The van der Waals surface area contributed by atoms with Gasteiger partial charge in [0, 0.05) is 5.92 Å². The van der Waals surface area contributed by atoms with E-state index >= 15 is 0 Å². The van der Waals surface area contributed by atoms with Crippen molar-refractivity contribution >= 4 is 29.2 Å². The normalized spacial score (nSPS) is 13.8. The van der Waals surface area contributed by atoms with E-state index in [-0.39, 0.29) is 5.91 Å². The predicted octanol–water partition coefficient (Wildman–Crippen LogP) is 2.94. The lowest BCUT2D eigenvalue weighted by atomic mass is 9.95. The molecule has 5 heteroatoms. The van der Waals surface area contributed by atoms with Crippen LogP contribution in [-0.2, 0) is 9.59 Å². The van der Waals surface area contributed by atoms with E-state index in [1.54, 1.807) is 19.1 Å². The topological polar surface area (TPSA) is 66.4 Å². The molecule has 4 nitrogen and oxygen atoms in total. The highest BCUT2D eigenvalue weighted by Gasteiger charge is 2.26. The summed E-state index contributed by atoms with van der Waals surface area (Å²) in [6.45, 7) is 4.97. The van der Waals surface area contributed by atoms with Gasteiger partial charge in [-0.3, -0.25) is 9.59 Å². The molecule has 0 aliphatic carbocycles. The van der Waals surface area contributed by atoms with E-state index in [1.807, 2.05) is 13.0 Å². The second kappa shape index (κ2) is 5.87. The summed E-state index contributed by atoms with van der Waals surface area (Å²) in [7, 11) is 0. The molecule has 18 heavy (non-hydrogen) atoms. The third kappa shape index (κ3) is 3.47.